The third-order valence-corrected chi connectivity index (χ3v) is 5.78. The van der Waals surface area contributed by atoms with E-state index < -0.39 is 5.00 Å². The van der Waals surface area contributed by atoms with Crippen LogP contribution in [-0.4, -0.2) is 41.0 Å². The van der Waals surface area contributed by atoms with Crippen molar-refractivity contribution < 1.29 is 0 Å². The van der Waals surface area contributed by atoms with Crippen LogP contribution in [0.1, 0.15) is 79.1 Å². The van der Waals surface area contributed by atoms with Gasteiger partial charge in [0.25, 0.3) is 0 Å². The lowest BCUT2D eigenvalue weighted by molar-refractivity contribution is 0.212. The van der Waals surface area contributed by atoms with Crippen LogP contribution in [0.2, 0.25) is 0 Å². The number of unbranched alkanes of at least 4 members (excludes halogenated alkanes) is 4. The minimum Gasteiger partial charge on any atom is -0.371 e. The minimum atomic E-state index is -0.507. The molecule has 0 bridgehead atoms. The minimum absolute atomic E-state index is 0.507. The van der Waals surface area contributed by atoms with Crippen LogP contribution < -0.4 is 0 Å². The maximum Gasteiger partial charge on any atom is 0.176 e. The Bertz CT molecular complexity index is 354. The lowest BCUT2D eigenvalue weighted by Gasteiger charge is -2.32. The largest absolute Gasteiger partial charge is 0.371 e. The molecule has 0 saturated carbocycles. The fraction of sp³-hybridized carbons (Fsp3) is 0.895. The smallest absolute Gasteiger partial charge is 0.176 e. The van der Waals surface area contributed by atoms with Gasteiger partial charge in [-0.05, 0) is 25.7 Å². The molecule has 0 aliphatic heterocycles. The van der Waals surface area contributed by atoms with Gasteiger partial charge in [0, 0.05) is 26.2 Å². The molecular formula is C19H36Cl2N2. The van der Waals surface area contributed by atoms with E-state index in [2.05, 4.69) is 37.5 Å². The highest BCUT2D eigenvalue weighted by Gasteiger charge is 2.58. The number of nitrogens with zero attached hydrogens (tertiary/aromatic N) is 2. The van der Waals surface area contributed by atoms with Gasteiger partial charge >= 0.3 is 0 Å². The van der Waals surface area contributed by atoms with E-state index in [4.69, 9.17) is 23.2 Å². The van der Waals surface area contributed by atoms with Gasteiger partial charge < -0.3 is 4.90 Å². The zero-order valence-electron chi connectivity index (χ0n) is 15.6. The third-order valence-electron chi connectivity index (χ3n) is 4.63. The molecule has 0 heterocycles. The fourth-order valence-electron chi connectivity index (χ4n) is 3.00. The van der Waals surface area contributed by atoms with Crippen LogP contribution >= 0.6 is 23.2 Å². The summed E-state index contributed by atoms with van der Waals surface area (Å²) in [6, 6.07) is 0. The Labute approximate surface area is 154 Å². The second-order valence-electron chi connectivity index (χ2n) is 6.67. The maximum atomic E-state index is 7.03. The Morgan fingerprint density at radius 2 is 1.13 bits per heavy atom. The molecule has 0 fully saturated rings. The summed E-state index contributed by atoms with van der Waals surface area (Å²) >= 11 is 13.7. The molecule has 0 N–H and O–H groups in total. The van der Waals surface area contributed by atoms with E-state index >= 15 is 0 Å². The standard InChI is InChI=1S/C19H36Cl2N2/c1-5-9-13-22(14-10-6-2)18-17(20)19(18,21)23(15-11-7-3)16-12-8-4/h5-16H2,1-4H3. The first-order valence-corrected chi connectivity index (χ1v) is 10.4. The van der Waals surface area contributed by atoms with Crippen LogP contribution in [0.15, 0.2) is 10.7 Å². The Morgan fingerprint density at radius 3 is 1.52 bits per heavy atom. The Morgan fingerprint density at radius 1 is 0.739 bits per heavy atom. The van der Waals surface area contributed by atoms with Gasteiger partial charge in [-0.25, -0.2) is 0 Å². The van der Waals surface area contributed by atoms with Crippen LogP contribution in [0.4, 0.5) is 0 Å². The maximum absolute atomic E-state index is 7.03. The summed E-state index contributed by atoms with van der Waals surface area (Å²) in [5.41, 5.74) is 1.19. The van der Waals surface area contributed by atoms with E-state index in [0.29, 0.717) is 0 Å². The molecule has 0 aromatic rings. The fourth-order valence-corrected chi connectivity index (χ4v) is 3.89. The lowest BCUT2D eigenvalue weighted by Crippen LogP contribution is -2.41. The van der Waals surface area contributed by atoms with Gasteiger partial charge in [-0.3, -0.25) is 4.90 Å². The Hall–Kier alpha value is 0.0800. The molecule has 4 heteroatoms. The van der Waals surface area contributed by atoms with E-state index in [1.165, 1.54) is 57.1 Å². The van der Waals surface area contributed by atoms with Gasteiger partial charge in [0.1, 0.15) is 0 Å². The van der Waals surface area contributed by atoms with E-state index in [0.717, 1.165) is 31.2 Å². The van der Waals surface area contributed by atoms with Crippen LogP contribution in [0, 0.1) is 0 Å². The third kappa shape index (κ3) is 5.54. The molecule has 1 aliphatic carbocycles. The van der Waals surface area contributed by atoms with Crippen molar-refractivity contribution in [2.24, 2.45) is 0 Å². The van der Waals surface area contributed by atoms with Crippen LogP contribution in [-0.2, 0) is 0 Å². The molecule has 1 unspecified atom stereocenters. The van der Waals surface area contributed by atoms with E-state index in [9.17, 15) is 0 Å². The first kappa shape index (κ1) is 21.1. The lowest BCUT2D eigenvalue weighted by atomic mass is 10.2. The normalized spacial score (nSPS) is 20.5. The molecule has 1 aliphatic rings. The van der Waals surface area contributed by atoms with E-state index in [-0.39, 0.29) is 0 Å². The number of hydrogen-bond donors (Lipinski definition) is 0. The van der Waals surface area contributed by atoms with Crippen molar-refractivity contribution in [2.45, 2.75) is 84.1 Å². The summed E-state index contributed by atoms with van der Waals surface area (Å²) in [5.74, 6) is 0. The Kier molecular flexibility index (Phi) is 9.96. The zero-order valence-corrected chi connectivity index (χ0v) is 17.1. The summed E-state index contributed by atoms with van der Waals surface area (Å²) in [4.78, 5) is 4.35. The molecule has 0 aromatic heterocycles. The molecule has 0 amide bonds. The molecular weight excluding hydrogens is 327 g/mol. The predicted octanol–water partition coefficient (Wildman–Crippen LogP) is 6.19. The molecule has 136 valence electrons. The van der Waals surface area contributed by atoms with Crippen molar-refractivity contribution in [3.63, 3.8) is 0 Å². The van der Waals surface area contributed by atoms with Crippen molar-refractivity contribution in [3.8, 4) is 0 Å². The van der Waals surface area contributed by atoms with Crippen molar-refractivity contribution >= 4 is 23.2 Å². The summed E-state index contributed by atoms with van der Waals surface area (Å²) in [5, 5.41) is 0.874. The number of rotatable bonds is 14. The van der Waals surface area contributed by atoms with Gasteiger partial charge in [0.2, 0.25) is 0 Å². The molecule has 0 saturated heterocycles. The van der Waals surface area contributed by atoms with Crippen molar-refractivity contribution in [2.75, 3.05) is 26.2 Å². The highest BCUT2D eigenvalue weighted by atomic mass is 35.5. The van der Waals surface area contributed by atoms with Crippen LogP contribution in [0.3, 0.4) is 0 Å². The average Bonchev–Trinajstić information content (AvgIpc) is 3.10. The Balaban J connectivity index is 2.78. The molecule has 2 nitrogen and oxygen atoms in total. The van der Waals surface area contributed by atoms with Crippen LogP contribution in [0.5, 0.6) is 0 Å². The van der Waals surface area contributed by atoms with Gasteiger partial charge in [-0.1, -0.05) is 76.6 Å². The first-order valence-electron chi connectivity index (χ1n) is 9.67. The van der Waals surface area contributed by atoms with Gasteiger partial charge in [-0.2, -0.15) is 0 Å². The highest BCUT2D eigenvalue weighted by molar-refractivity contribution is 6.46. The zero-order chi connectivity index (χ0) is 17.3. The van der Waals surface area contributed by atoms with Crippen molar-refractivity contribution in [3.05, 3.63) is 10.7 Å². The monoisotopic (exact) mass is 362 g/mol. The topological polar surface area (TPSA) is 6.48 Å². The molecule has 0 radical (unpaired) electrons. The van der Waals surface area contributed by atoms with Crippen molar-refractivity contribution in [1.29, 1.82) is 0 Å². The summed E-state index contributed by atoms with van der Waals surface area (Å²) in [6.07, 6.45) is 9.56. The molecule has 1 atom stereocenters. The number of alkyl halides is 1. The molecule has 23 heavy (non-hydrogen) atoms. The number of hydrogen-bond acceptors (Lipinski definition) is 2. The van der Waals surface area contributed by atoms with Gasteiger partial charge in [0.05, 0.1) is 10.7 Å². The van der Waals surface area contributed by atoms with Gasteiger partial charge in [-0.15, -0.1) is 0 Å². The number of halogens is 2. The second-order valence-corrected chi connectivity index (χ2v) is 7.60. The molecule has 0 aromatic carbocycles. The quantitative estimate of drug-likeness (QED) is 0.268. The summed E-state index contributed by atoms with van der Waals surface area (Å²) in [6.45, 7) is 13.2. The molecule has 1 rings (SSSR count). The average molecular weight is 363 g/mol. The highest BCUT2D eigenvalue weighted by Crippen LogP contribution is 2.56. The molecule has 0 spiro atoms. The van der Waals surface area contributed by atoms with E-state index in [1.807, 2.05) is 0 Å². The van der Waals surface area contributed by atoms with Crippen LogP contribution in [0.25, 0.3) is 0 Å². The predicted molar refractivity (Wildman–Crippen MR) is 104 cm³/mol. The van der Waals surface area contributed by atoms with Gasteiger partial charge in [0.15, 0.2) is 5.00 Å². The summed E-state index contributed by atoms with van der Waals surface area (Å²) in [7, 11) is 0. The van der Waals surface area contributed by atoms with Crippen molar-refractivity contribution in [1.82, 2.24) is 9.80 Å². The second kappa shape index (κ2) is 10.8. The van der Waals surface area contributed by atoms with E-state index in [1.54, 1.807) is 0 Å². The summed E-state index contributed by atoms with van der Waals surface area (Å²) < 4.78 is 0. The first-order chi connectivity index (χ1) is 11.1. The SMILES string of the molecule is CCCCN(CCCC)C1=C(Cl)C1(Cl)N(CCCC)CCCC.